The van der Waals surface area contributed by atoms with Crippen molar-refractivity contribution >= 4 is 22.7 Å². The Morgan fingerprint density at radius 2 is 1.96 bits per heavy atom. The van der Waals surface area contributed by atoms with E-state index >= 15 is 0 Å². The molecule has 0 radical (unpaired) electrons. The summed E-state index contributed by atoms with van der Waals surface area (Å²) in [5.41, 5.74) is 1.63. The zero-order valence-electron chi connectivity index (χ0n) is 14.7. The number of terminal acetylenes is 1. The normalized spacial score (nSPS) is 11.1. The van der Waals surface area contributed by atoms with Crippen molar-refractivity contribution in [3.05, 3.63) is 60.0 Å². The van der Waals surface area contributed by atoms with Gasteiger partial charge in [0.15, 0.2) is 11.5 Å². The molecule has 1 heterocycles. The summed E-state index contributed by atoms with van der Waals surface area (Å²) < 4.78 is 16.7. The van der Waals surface area contributed by atoms with Crippen LogP contribution in [0.25, 0.3) is 22.6 Å². The third kappa shape index (κ3) is 4.69. The summed E-state index contributed by atoms with van der Waals surface area (Å²) in [4.78, 5) is 0. The Bertz CT molecular complexity index is 975. The third-order valence-corrected chi connectivity index (χ3v) is 3.79. The molecule has 0 saturated heterocycles. The molecule has 5 nitrogen and oxygen atoms in total. The molecule has 0 unspecified atom stereocenters. The van der Waals surface area contributed by atoms with Crippen molar-refractivity contribution in [2.75, 3.05) is 13.2 Å². The Labute approximate surface area is 162 Å². The molecule has 27 heavy (non-hydrogen) atoms. The lowest BCUT2D eigenvalue weighted by Crippen LogP contribution is -1.99. The van der Waals surface area contributed by atoms with Gasteiger partial charge in [0.2, 0.25) is 5.89 Å². The Kier molecular flexibility index (Phi) is 6.14. The molecule has 0 N–H and O–H groups in total. The van der Waals surface area contributed by atoms with E-state index in [1.807, 2.05) is 49.4 Å². The SMILES string of the molecule is C#CCOc1ccc(/C=C(\Cl)c2nnc(-c3ccccc3)o2)cc1OCC. The Morgan fingerprint density at radius 1 is 1.15 bits per heavy atom. The monoisotopic (exact) mass is 380 g/mol. The summed E-state index contributed by atoms with van der Waals surface area (Å²) in [6.45, 7) is 2.56. The molecule has 0 fully saturated rings. The number of rotatable bonds is 7. The lowest BCUT2D eigenvalue weighted by Gasteiger charge is -2.11. The molecule has 3 rings (SSSR count). The highest BCUT2D eigenvalue weighted by Crippen LogP contribution is 2.31. The average molecular weight is 381 g/mol. The first-order chi connectivity index (χ1) is 13.2. The number of hydrogen-bond acceptors (Lipinski definition) is 5. The molecule has 0 bridgehead atoms. The molecular formula is C21H17ClN2O3. The lowest BCUT2D eigenvalue weighted by molar-refractivity contribution is 0.299. The van der Waals surface area contributed by atoms with Crippen LogP contribution in [0.3, 0.4) is 0 Å². The van der Waals surface area contributed by atoms with E-state index in [4.69, 9.17) is 31.9 Å². The smallest absolute Gasteiger partial charge is 0.259 e. The van der Waals surface area contributed by atoms with E-state index in [0.29, 0.717) is 29.0 Å². The highest BCUT2D eigenvalue weighted by molar-refractivity contribution is 6.50. The summed E-state index contributed by atoms with van der Waals surface area (Å²) in [7, 11) is 0. The molecule has 0 atom stereocenters. The predicted molar refractivity (Wildman–Crippen MR) is 105 cm³/mol. The average Bonchev–Trinajstić information content (AvgIpc) is 3.19. The summed E-state index contributed by atoms with van der Waals surface area (Å²) in [6, 6.07) is 14.9. The number of halogens is 1. The minimum Gasteiger partial charge on any atom is -0.490 e. The van der Waals surface area contributed by atoms with Gasteiger partial charge in [0, 0.05) is 5.56 Å². The van der Waals surface area contributed by atoms with Gasteiger partial charge in [-0.05, 0) is 42.8 Å². The van der Waals surface area contributed by atoms with E-state index in [0.717, 1.165) is 11.1 Å². The predicted octanol–water partition coefficient (Wildman–Crippen LogP) is 4.88. The zero-order chi connectivity index (χ0) is 19.1. The molecule has 136 valence electrons. The fraction of sp³-hybridized carbons (Fsp3) is 0.143. The highest BCUT2D eigenvalue weighted by Gasteiger charge is 2.12. The van der Waals surface area contributed by atoms with Crippen molar-refractivity contribution in [3.8, 4) is 35.3 Å². The maximum absolute atomic E-state index is 6.36. The van der Waals surface area contributed by atoms with Crippen LogP contribution >= 0.6 is 11.6 Å². The van der Waals surface area contributed by atoms with Crippen LogP contribution in [0.15, 0.2) is 52.9 Å². The van der Waals surface area contributed by atoms with Crippen LogP contribution < -0.4 is 9.47 Å². The topological polar surface area (TPSA) is 57.4 Å². The van der Waals surface area contributed by atoms with Gasteiger partial charge in [-0.1, -0.05) is 41.8 Å². The van der Waals surface area contributed by atoms with Gasteiger partial charge in [-0.3, -0.25) is 0 Å². The molecule has 0 aliphatic heterocycles. The van der Waals surface area contributed by atoms with E-state index in [1.165, 1.54) is 0 Å². The second kappa shape index (κ2) is 8.93. The van der Waals surface area contributed by atoms with Gasteiger partial charge in [0.25, 0.3) is 5.89 Å². The van der Waals surface area contributed by atoms with Crippen molar-refractivity contribution in [2.24, 2.45) is 0 Å². The number of nitrogens with zero attached hydrogens (tertiary/aromatic N) is 2. The molecule has 0 aliphatic rings. The summed E-state index contributed by atoms with van der Waals surface area (Å²) in [5, 5.41) is 8.37. The zero-order valence-corrected chi connectivity index (χ0v) is 15.4. The second-order valence-corrected chi connectivity index (χ2v) is 5.81. The maximum Gasteiger partial charge on any atom is 0.259 e. The van der Waals surface area contributed by atoms with Crippen molar-refractivity contribution in [3.63, 3.8) is 0 Å². The third-order valence-electron chi connectivity index (χ3n) is 3.52. The van der Waals surface area contributed by atoms with Crippen LogP contribution in [0.1, 0.15) is 18.4 Å². The standard InChI is InChI=1S/C21H17ClN2O3/c1-3-12-26-18-11-10-15(14-19(18)25-4-2)13-17(22)21-24-23-20(27-21)16-8-6-5-7-9-16/h1,5-11,13-14H,4,12H2,2H3/b17-13-. The quantitative estimate of drug-likeness (QED) is 0.546. The minimum atomic E-state index is 0.167. The lowest BCUT2D eigenvalue weighted by atomic mass is 10.2. The highest BCUT2D eigenvalue weighted by atomic mass is 35.5. The van der Waals surface area contributed by atoms with Gasteiger partial charge < -0.3 is 13.9 Å². The van der Waals surface area contributed by atoms with Crippen LogP contribution in [0.2, 0.25) is 0 Å². The number of hydrogen-bond donors (Lipinski definition) is 0. The van der Waals surface area contributed by atoms with Crippen molar-refractivity contribution in [1.82, 2.24) is 10.2 Å². The van der Waals surface area contributed by atoms with Crippen molar-refractivity contribution < 1.29 is 13.9 Å². The Morgan fingerprint density at radius 3 is 2.70 bits per heavy atom. The van der Waals surface area contributed by atoms with E-state index in [9.17, 15) is 0 Å². The van der Waals surface area contributed by atoms with Gasteiger partial charge in [-0.15, -0.1) is 16.6 Å². The van der Waals surface area contributed by atoms with E-state index < -0.39 is 0 Å². The van der Waals surface area contributed by atoms with Gasteiger partial charge in [-0.25, -0.2) is 0 Å². The number of aromatic nitrogens is 2. The van der Waals surface area contributed by atoms with Crippen LogP contribution in [-0.4, -0.2) is 23.4 Å². The van der Waals surface area contributed by atoms with E-state index in [1.54, 1.807) is 12.1 Å². The molecule has 3 aromatic rings. The molecule has 0 amide bonds. The molecule has 6 heteroatoms. The van der Waals surface area contributed by atoms with Gasteiger partial charge in [0.05, 0.1) is 6.61 Å². The molecule has 0 saturated carbocycles. The van der Waals surface area contributed by atoms with Gasteiger partial charge in [-0.2, -0.15) is 0 Å². The van der Waals surface area contributed by atoms with Crippen molar-refractivity contribution in [2.45, 2.75) is 6.92 Å². The largest absolute Gasteiger partial charge is 0.490 e. The van der Waals surface area contributed by atoms with Crippen molar-refractivity contribution in [1.29, 1.82) is 0 Å². The van der Waals surface area contributed by atoms with Crippen LogP contribution in [-0.2, 0) is 0 Å². The second-order valence-electron chi connectivity index (χ2n) is 5.40. The molecule has 2 aromatic carbocycles. The summed E-state index contributed by atoms with van der Waals surface area (Å²) >= 11 is 6.36. The fourth-order valence-corrected chi connectivity index (χ4v) is 2.55. The molecule has 0 spiro atoms. The summed E-state index contributed by atoms with van der Waals surface area (Å²) in [6.07, 6.45) is 6.96. The van der Waals surface area contributed by atoms with Gasteiger partial charge in [0.1, 0.15) is 11.6 Å². The summed E-state index contributed by atoms with van der Waals surface area (Å²) in [5.74, 6) is 4.24. The maximum atomic E-state index is 6.36. The minimum absolute atomic E-state index is 0.167. The van der Waals surface area contributed by atoms with Crippen LogP contribution in [0, 0.1) is 12.3 Å². The van der Waals surface area contributed by atoms with Crippen LogP contribution in [0.4, 0.5) is 0 Å². The first kappa shape index (κ1) is 18.6. The molecule has 0 aliphatic carbocycles. The van der Waals surface area contributed by atoms with Gasteiger partial charge >= 0.3 is 0 Å². The number of ether oxygens (including phenoxy) is 2. The van der Waals surface area contributed by atoms with E-state index in [-0.39, 0.29) is 12.5 Å². The number of benzene rings is 2. The van der Waals surface area contributed by atoms with Crippen LogP contribution in [0.5, 0.6) is 11.5 Å². The molecule has 1 aromatic heterocycles. The van der Waals surface area contributed by atoms with E-state index in [2.05, 4.69) is 16.1 Å². The Balaban J connectivity index is 1.84. The fourth-order valence-electron chi connectivity index (χ4n) is 2.35. The molecular weight excluding hydrogens is 364 g/mol. The first-order valence-electron chi connectivity index (χ1n) is 8.31. The Hall–Kier alpha value is -3.23. The first-order valence-corrected chi connectivity index (χ1v) is 8.68.